The van der Waals surface area contributed by atoms with E-state index < -0.39 is 0 Å². The van der Waals surface area contributed by atoms with Crippen molar-refractivity contribution in [3.05, 3.63) is 47.2 Å². The first-order valence-electron chi connectivity index (χ1n) is 5.85. The molecule has 0 saturated carbocycles. The molecule has 2 N–H and O–H groups in total. The van der Waals surface area contributed by atoms with Crippen LogP contribution in [0.1, 0.15) is 5.56 Å². The van der Waals surface area contributed by atoms with Crippen LogP contribution in [0.2, 0.25) is 0 Å². The summed E-state index contributed by atoms with van der Waals surface area (Å²) in [7, 11) is 1.64. The summed E-state index contributed by atoms with van der Waals surface area (Å²) in [5.41, 5.74) is 4.55. The SMILES string of the molecule is CNC(=O)C1=CCNC1=C1C=Nc2ccccc21. The summed E-state index contributed by atoms with van der Waals surface area (Å²) in [6.07, 6.45) is 3.71. The standard InChI is InChI=1S/C14H13N3O/c1-15-14(18)10-6-7-16-13(10)11-8-17-12-5-3-2-4-9(11)12/h2-6,8,16H,7H2,1H3,(H,15,18). The van der Waals surface area contributed by atoms with Crippen molar-refractivity contribution in [2.75, 3.05) is 13.6 Å². The molecule has 1 amide bonds. The summed E-state index contributed by atoms with van der Waals surface area (Å²) in [4.78, 5) is 16.2. The highest BCUT2D eigenvalue weighted by molar-refractivity contribution is 6.20. The van der Waals surface area contributed by atoms with E-state index in [1.54, 1.807) is 7.05 Å². The molecule has 0 bridgehead atoms. The van der Waals surface area contributed by atoms with Crippen molar-refractivity contribution in [1.82, 2.24) is 10.6 Å². The highest BCUT2D eigenvalue weighted by Gasteiger charge is 2.24. The van der Waals surface area contributed by atoms with Gasteiger partial charge in [0.15, 0.2) is 0 Å². The predicted molar refractivity (Wildman–Crippen MR) is 71.7 cm³/mol. The van der Waals surface area contributed by atoms with Gasteiger partial charge in [0.25, 0.3) is 5.91 Å². The second kappa shape index (κ2) is 4.14. The minimum Gasteiger partial charge on any atom is -0.380 e. The number of carbonyl (C=O) groups is 1. The van der Waals surface area contributed by atoms with Gasteiger partial charge in [-0.25, -0.2) is 0 Å². The van der Waals surface area contributed by atoms with Crippen LogP contribution in [0.15, 0.2) is 46.6 Å². The fourth-order valence-electron chi connectivity index (χ4n) is 2.25. The van der Waals surface area contributed by atoms with E-state index in [0.717, 1.165) is 22.5 Å². The molecule has 0 atom stereocenters. The van der Waals surface area contributed by atoms with Crippen molar-refractivity contribution in [3.8, 4) is 0 Å². The Morgan fingerprint density at radius 3 is 3.06 bits per heavy atom. The molecule has 0 radical (unpaired) electrons. The van der Waals surface area contributed by atoms with Gasteiger partial charge in [-0.3, -0.25) is 9.79 Å². The van der Waals surface area contributed by atoms with Crippen LogP contribution >= 0.6 is 0 Å². The number of likely N-dealkylation sites (N-methyl/N-ethyl adjacent to an activating group) is 1. The van der Waals surface area contributed by atoms with Crippen molar-refractivity contribution < 1.29 is 4.79 Å². The summed E-state index contributed by atoms with van der Waals surface area (Å²) in [5, 5.41) is 5.90. The second-order valence-electron chi connectivity index (χ2n) is 4.14. The Balaban J connectivity index is 2.10. The average Bonchev–Trinajstić information content (AvgIpc) is 3.03. The lowest BCUT2D eigenvalue weighted by Crippen LogP contribution is -2.22. The zero-order valence-electron chi connectivity index (χ0n) is 10.0. The number of aliphatic imine (C=N–C) groups is 1. The minimum absolute atomic E-state index is 0.0692. The zero-order valence-corrected chi connectivity index (χ0v) is 10.0. The van der Waals surface area contributed by atoms with Gasteiger partial charge in [-0.1, -0.05) is 24.3 Å². The summed E-state index contributed by atoms with van der Waals surface area (Å²) < 4.78 is 0. The van der Waals surface area contributed by atoms with E-state index in [9.17, 15) is 4.79 Å². The van der Waals surface area contributed by atoms with E-state index in [1.807, 2.05) is 36.6 Å². The van der Waals surface area contributed by atoms with E-state index in [1.165, 1.54) is 0 Å². The van der Waals surface area contributed by atoms with Gasteiger partial charge in [0.1, 0.15) is 0 Å². The lowest BCUT2D eigenvalue weighted by Gasteiger charge is -2.09. The third-order valence-corrected chi connectivity index (χ3v) is 3.12. The number of benzene rings is 1. The van der Waals surface area contributed by atoms with Crippen LogP contribution in [0.5, 0.6) is 0 Å². The molecule has 0 spiro atoms. The summed E-state index contributed by atoms with van der Waals surface area (Å²) in [6, 6.07) is 7.93. The van der Waals surface area contributed by atoms with Crippen LogP contribution in [0.25, 0.3) is 5.57 Å². The summed E-state index contributed by atoms with van der Waals surface area (Å²) in [5.74, 6) is -0.0692. The number of hydrogen-bond donors (Lipinski definition) is 2. The molecule has 0 unspecified atom stereocenters. The molecule has 1 aromatic carbocycles. The molecule has 3 rings (SSSR count). The molecule has 0 fully saturated rings. The topological polar surface area (TPSA) is 53.5 Å². The fraction of sp³-hybridized carbons (Fsp3) is 0.143. The monoisotopic (exact) mass is 239 g/mol. The maximum atomic E-state index is 11.8. The van der Waals surface area contributed by atoms with Crippen molar-refractivity contribution >= 4 is 23.4 Å². The third-order valence-electron chi connectivity index (χ3n) is 3.12. The van der Waals surface area contributed by atoms with E-state index in [0.29, 0.717) is 12.1 Å². The van der Waals surface area contributed by atoms with E-state index >= 15 is 0 Å². The number of amides is 1. The van der Waals surface area contributed by atoms with Crippen LogP contribution in [-0.4, -0.2) is 25.7 Å². The molecule has 0 aliphatic carbocycles. The molecule has 2 aliphatic heterocycles. The van der Waals surface area contributed by atoms with Crippen LogP contribution in [0.3, 0.4) is 0 Å². The molecule has 2 heterocycles. The van der Waals surface area contributed by atoms with E-state index in [-0.39, 0.29) is 5.91 Å². The Bertz CT molecular complexity index is 611. The largest absolute Gasteiger partial charge is 0.380 e. The van der Waals surface area contributed by atoms with Crippen LogP contribution < -0.4 is 10.6 Å². The molecular formula is C14H13N3O. The van der Waals surface area contributed by atoms with Gasteiger partial charge in [-0.2, -0.15) is 0 Å². The Hall–Kier alpha value is -2.36. The normalized spacial score (nSPS) is 20.4. The van der Waals surface area contributed by atoms with E-state index in [2.05, 4.69) is 15.6 Å². The molecule has 2 aliphatic rings. The maximum Gasteiger partial charge on any atom is 0.252 e. The first-order valence-corrected chi connectivity index (χ1v) is 5.85. The Kier molecular flexibility index (Phi) is 2.48. The fourth-order valence-corrected chi connectivity index (χ4v) is 2.25. The number of nitrogens with one attached hydrogen (secondary N) is 2. The quantitative estimate of drug-likeness (QED) is 0.778. The molecule has 4 heteroatoms. The van der Waals surface area contributed by atoms with Crippen molar-refractivity contribution in [1.29, 1.82) is 0 Å². The summed E-state index contributed by atoms with van der Waals surface area (Å²) in [6.45, 7) is 0.678. The molecular weight excluding hydrogens is 226 g/mol. The van der Waals surface area contributed by atoms with Crippen LogP contribution in [0, 0.1) is 0 Å². The molecule has 1 aromatic rings. The third kappa shape index (κ3) is 1.54. The average molecular weight is 239 g/mol. The van der Waals surface area contributed by atoms with Crippen LogP contribution in [-0.2, 0) is 4.79 Å². The maximum absolute atomic E-state index is 11.8. The number of hydrogen-bond acceptors (Lipinski definition) is 3. The minimum atomic E-state index is -0.0692. The summed E-state index contributed by atoms with van der Waals surface area (Å²) >= 11 is 0. The predicted octanol–water partition coefficient (Wildman–Crippen LogP) is 1.39. The van der Waals surface area contributed by atoms with Gasteiger partial charge in [0.05, 0.1) is 17.0 Å². The number of fused-ring (bicyclic) bond motifs is 1. The first kappa shape index (κ1) is 10.8. The molecule has 90 valence electrons. The molecule has 18 heavy (non-hydrogen) atoms. The van der Waals surface area contributed by atoms with Gasteiger partial charge in [-0.05, 0) is 6.07 Å². The van der Waals surface area contributed by atoms with Gasteiger partial charge in [0.2, 0.25) is 0 Å². The zero-order chi connectivity index (χ0) is 12.5. The number of allylic oxidation sites excluding steroid dienone is 1. The van der Waals surface area contributed by atoms with Gasteiger partial charge in [0, 0.05) is 30.9 Å². The lowest BCUT2D eigenvalue weighted by molar-refractivity contribution is -0.116. The van der Waals surface area contributed by atoms with Crippen LogP contribution in [0.4, 0.5) is 5.69 Å². The van der Waals surface area contributed by atoms with Gasteiger partial charge in [-0.15, -0.1) is 0 Å². The highest BCUT2D eigenvalue weighted by Crippen LogP contribution is 2.34. The van der Waals surface area contributed by atoms with Crippen molar-refractivity contribution in [3.63, 3.8) is 0 Å². The highest BCUT2D eigenvalue weighted by atomic mass is 16.1. The van der Waals surface area contributed by atoms with Gasteiger partial charge < -0.3 is 10.6 Å². The Morgan fingerprint density at radius 1 is 1.39 bits per heavy atom. The lowest BCUT2D eigenvalue weighted by atomic mass is 10.0. The molecule has 0 saturated heterocycles. The smallest absolute Gasteiger partial charge is 0.252 e. The first-order chi connectivity index (χ1) is 8.81. The Morgan fingerprint density at radius 2 is 2.22 bits per heavy atom. The number of nitrogens with zero attached hydrogens (tertiary/aromatic N) is 1. The molecule has 4 nitrogen and oxygen atoms in total. The Labute approximate surface area is 105 Å². The number of carbonyl (C=O) groups excluding carboxylic acids is 1. The van der Waals surface area contributed by atoms with Crippen molar-refractivity contribution in [2.24, 2.45) is 4.99 Å². The number of rotatable bonds is 1. The van der Waals surface area contributed by atoms with Crippen molar-refractivity contribution in [2.45, 2.75) is 0 Å². The number of para-hydroxylation sites is 1. The molecule has 0 aromatic heterocycles. The van der Waals surface area contributed by atoms with E-state index in [4.69, 9.17) is 0 Å². The van der Waals surface area contributed by atoms with Gasteiger partial charge >= 0.3 is 0 Å². The second-order valence-corrected chi connectivity index (χ2v) is 4.14.